The van der Waals surface area contributed by atoms with Crippen LogP contribution in [0.25, 0.3) is 11.5 Å². The number of piperazine rings is 1. The highest BCUT2D eigenvalue weighted by Gasteiger charge is 2.29. The van der Waals surface area contributed by atoms with Crippen molar-refractivity contribution in [1.29, 1.82) is 0 Å². The first kappa shape index (κ1) is 21.3. The minimum Gasteiger partial charge on any atom is -0.450 e. The first-order valence-electron chi connectivity index (χ1n) is 9.57. The summed E-state index contributed by atoms with van der Waals surface area (Å²) in [6.07, 6.45) is 1.55. The molecule has 1 fully saturated rings. The van der Waals surface area contributed by atoms with Crippen LogP contribution < -0.4 is 4.72 Å². The van der Waals surface area contributed by atoms with Crippen molar-refractivity contribution < 1.29 is 22.4 Å². The number of rotatable bonds is 7. The van der Waals surface area contributed by atoms with E-state index in [1.54, 1.807) is 13.2 Å². The highest BCUT2D eigenvalue weighted by molar-refractivity contribution is 7.87. The molecule has 1 aliphatic heterocycles. The Labute approximate surface area is 170 Å². The minimum atomic E-state index is -3.62. The number of nitrogens with one attached hydrogen (secondary N) is 1. The van der Waals surface area contributed by atoms with E-state index in [1.165, 1.54) is 9.21 Å². The summed E-state index contributed by atoms with van der Waals surface area (Å²) in [4.78, 5) is 17.6. The fraction of sp³-hybridized carbons (Fsp3) is 0.474. The number of hydrogen-bond acceptors (Lipinski definition) is 6. The van der Waals surface area contributed by atoms with E-state index >= 15 is 0 Å². The predicted octanol–water partition coefficient (Wildman–Crippen LogP) is 1.80. The number of amides is 1. The summed E-state index contributed by atoms with van der Waals surface area (Å²) in [5.41, 5.74) is 2.70. The second kappa shape index (κ2) is 9.38. The number of ether oxygens (including phenoxy) is 1. The summed E-state index contributed by atoms with van der Waals surface area (Å²) < 4.78 is 39.3. The van der Waals surface area contributed by atoms with Crippen molar-refractivity contribution in [3.05, 3.63) is 41.8 Å². The Morgan fingerprint density at radius 3 is 2.55 bits per heavy atom. The van der Waals surface area contributed by atoms with Gasteiger partial charge in [0.2, 0.25) is 5.89 Å². The van der Waals surface area contributed by atoms with E-state index in [-0.39, 0.29) is 19.6 Å². The highest BCUT2D eigenvalue weighted by Crippen LogP contribution is 2.19. The van der Waals surface area contributed by atoms with E-state index < -0.39 is 16.3 Å². The fourth-order valence-electron chi connectivity index (χ4n) is 2.98. The molecule has 1 aromatic carbocycles. The molecule has 0 saturated carbocycles. The molecule has 2 heterocycles. The van der Waals surface area contributed by atoms with E-state index in [9.17, 15) is 13.2 Å². The van der Waals surface area contributed by atoms with Crippen LogP contribution in [0.1, 0.15) is 18.2 Å². The summed E-state index contributed by atoms with van der Waals surface area (Å²) >= 11 is 0. The van der Waals surface area contributed by atoms with Crippen LogP contribution in [-0.4, -0.2) is 68.0 Å². The molecule has 29 heavy (non-hydrogen) atoms. The first-order chi connectivity index (χ1) is 13.9. The molecule has 1 N–H and O–H groups in total. The molecule has 10 heteroatoms. The second-order valence-corrected chi connectivity index (χ2v) is 8.50. The number of benzene rings is 1. The number of aromatic nitrogens is 1. The number of oxazole rings is 1. The number of hydrogen-bond donors (Lipinski definition) is 1. The molecule has 0 unspecified atom stereocenters. The Kier molecular flexibility index (Phi) is 6.88. The van der Waals surface area contributed by atoms with Crippen LogP contribution in [0.15, 0.2) is 34.9 Å². The molecule has 1 aromatic heterocycles. The Hall–Kier alpha value is -2.43. The van der Waals surface area contributed by atoms with Crippen LogP contribution >= 0.6 is 0 Å². The van der Waals surface area contributed by atoms with Gasteiger partial charge < -0.3 is 14.1 Å². The molecule has 158 valence electrons. The van der Waals surface area contributed by atoms with Crippen LogP contribution in [0.3, 0.4) is 0 Å². The lowest BCUT2D eigenvalue weighted by atomic mass is 10.1. The van der Waals surface area contributed by atoms with Gasteiger partial charge in [-0.3, -0.25) is 0 Å². The molecule has 0 atom stereocenters. The van der Waals surface area contributed by atoms with Crippen molar-refractivity contribution in [2.24, 2.45) is 0 Å². The van der Waals surface area contributed by atoms with Gasteiger partial charge >= 0.3 is 6.09 Å². The molecule has 0 spiro atoms. The minimum absolute atomic E-state index is 0.209. The van der Waals surface area contributed by atoms with Gasteiger partial charge in [-0.15, -0.1) is 0 Å². The van der Waals surface area contributed by atoms with Gasteiger partial charge in [0.1, 0.15) is 6.26 Å². The van der Waals surface area contributed by atoms with Crippen molar-refractivity contribution in [2.75, 3.05) is 39.3 Å². The third kappa shape index (κ3) is 5.55. The van der Waals surface area contributed by atoms with Crippen LogP contribution in [0.2, 0.25) is 0 Å². The Morgan fingerprint density at radius 1 is 1.21 bits per heavy atom. The molecule has 0 aliphatic carbocycles. The number of carbonyl (C=O) groups excluding carboxylic acids is 1. The molecule has 1 amide bonds. The van der Waals surface area contributed by atoms with E-state index in [0.29, 0.717) is 37.7 Å². The van der Waals surface area contributed by atoms with Gasteiger partial charge in [-0.2, -0.15) is 12.7 Å². The van der Waals surface area contributed by atoms with Crippen molar-refractivity contribution in [3.63, 3.8) is 0 Å². The quantitative estimate of drug-likeness (QED) is 0.730. The average Bonchev–Trinajstić information content (AvgIpc) is 3.17. The van der Waals surface area contributed by atoms with Gasteiger partial charge in [0, 0.05) is 44.7 Å². The maximum Gasteiger partial charge on any atom is 0.409 e. The average molecular weight is 423 g/mol. The number of nitrogens with zero attached hydrogens (tertiary/aromatic N) is 3. The highest BCUT2D eigenvalue weighted by atomic mass is 32.2. The normalized spacial score (nSPS) is 15.4. The van der Waals surface area contributed by atoms with Gasteiger partial charge in [0.15, 0.2) is 0 Å². The standard InChI is InChI=1S/C19H26N4O5S/c1-3-27-19(24)22-10-12-23(13-11-22)29(25,26)20-9-8-17-14-28-18(21-17)16-6-4-15(2)5-7-16/h4-7,14,20H,3,8-13H2,1-2H3. The molecule has 1 saturated heterocycles. The van der Waals surface area contributed by atoms with E-state index in [1.807, 2.05) is 31.2 Å². The monoisotopic (exact) mass is 422 g/mol. The summed E-state index contributed by atoms with van der Waals surface area (Å²) in [5.74, 6) is 0.512. The lowest BCUT2D eigenvalue weighted by molar-refractivity contribution is 0.0932. The third-order valence-electron chi connectivity index (χ3n) is 4.62. The number of aryl methyl sites for hydroxylation is 1. The molecule has 2 aromatic rings. The van der Waals surface area contributed by atoms with Crippen LogP contribution in [0, 0.1) is 6.92 Å². The van der Waals surface area contributed by atoms with Gasteiger partial charge in [0.05, 0.1) is 12.3 Å². The van der Waals surface area contributed by atoms with Crippen molar-refractivity contribution >= 4 is 16.3 Å². The van der Waals surface area contributed by atoms with Crippen molar-refractivity contribution in [3.8, 4) is 11.5 Å². The van der Waals surface area contributed by atoms with Gasteiger partial charge in [-0.05, 0) is 26.0 Å². The molecule has 1 aliphatic rings. The van der Waals surface area contributed by atoms with E-state index in [2.05, 4.69) is 9.71 Å². The van der Waals surface area contributed by atoms with Gasteiger partial charge in [-0.25, -0.2) is 14.5 Å². The van der Waals surface area contributed by atoms with Crippen LogP contribution in [-0.2, 0) is 21.4 Å². The van der Waals surface area contributed by atoms with Crippen LogP contribution in [0.5, 0.6) is 0 Å². The summed E-state index contributed by atoms with van der Waals surface area (Å²) in [7, 11) is -3.62. The summed E-state index contributed by atoms with van der Waals surface area (Å²) in [5, 5.41) is 0. The predicted molar refractivity (Wildman–Crippen MR) is 107 cm³/mol. The Morgan fingerprint density at radius 2 is 1.90 bits per heavy atom. The van der Waals surface area contributed by atoms with E-state index in [4.69, 9.17) is 9.15 Å². The maximum atomic E-state index is 12.5. The van der Waals surface area contributed by atoms with Crippen LogP contribution in [0.4, 0.5) is 4.79 Å². The SMILES string of the molecule is CCOC(=O)N1CCN(S(=O)(=O)NCCc2coc(-c3ccc(C)cc3)n2)CC1. The zero-order chi connectivity index (χ0) is 20.9. The topological polar surface area (TPSA) is 105 Å². The largest absolute Gasteiger partial charge is 0.450 e. The third-order valence-corrected chi connectivity index (χ3v) is 6.23. The molecular formula is C19H26N4O5S. The van der Waals surface area contributed by atoms with E-state index in [0.717, 1.165) is 11.1 Å². The molecule has 3 rings (SSSR count). The lowest BCUT2D eigenvalue weighted by Gasteiger charge is -2.33. The fourth-order valence-corrected chi connectivity index (χ4v) is 4.16. The molecule has 0 bridgehead atoms. The van der Waals surface area contributed by atoms with Gasteiger partial charge in [-0.1, -0.05) is 17.7 Å². The smallest absolute Gasteiger partial charge is 0.409 e. The summed E-state index contributed by atoms with van der Waals surface area (Å²) in [6, 6.07) is 7.83. The zero-order valence-corrected chi connectivity index (χ0v) is 17.4. The Balaban J connectivity index is 1.48. The maximum absolute atomic E-state index is 12.5. The lowest BCUT2D eigenvalue weighted by Crippen LogP contribution is -2.53. The molecule has 9 nitrogen and oxygen atoms in total. The Bertz CT molecular complexity index is 918. The zero-order valence-electron chi connectivity index (χ0n) is 16.6. The van der Waals surface area contributed by atoms with Crippen molar-refractivity contribution in [1.82, 2.24) is 18.9 Å². The second-order valence-electron chi connectivity index (χ2n) is 6.74. The molecule has 0 radical (unpaired) electrons. The number of carbonyl (C=O) groups is 1. The first-order valence-corrected chi connectivity index (χ1v) is 11.0. The van der Waals surface area contributed by atoms with Crippen molar-refractivity contribution in [2.45, 2.75) is 20.3 Å². The van der Waals surface area contributed by atoms with Gasteiger partial charge in [0.25, 0.3) is 10.2 Å². The summed E-state index contributed by atoms with van der Waals surface area (Å²) in [6.45, 7) is 5.33. The molecular weight excluding hydrogens is 396 g/mol.